The molecular weight excluding hydrogens is 160 g/mol. The van der Waals surface area contributed by atoms with Crippen LogP contribution < -0.4 is 5.32 Å². The lowest BCUT2D eigenvalue weighted by Crippen LogP contribution is -2.28. The summed E-state index contributed by atoms with van der Waals surface area (Å²) in [5.74, 6) is 0. The van der Waals surface area contributed by atoms with Gasteiger partial charge in [0.05, 0.1) is 0 Å². The highest BCUT2D eigenvalue weighted by Crippen LogP contribution is 2.28. The summed E-state index contributed by atoms with van der Waals surface area (Å²) in [6, 6.07) is 0.754. The molecule has 2 nitrogen and oxygen atoms in total. The third-order valence-corrected chi connectivity index (χ3v) is 3.07. The van der Waals surface area contributed by atoms with E-state index >= 15 is 0 Å². The predicted octanol–water partition coefficient (Wildman–Crippen LogP) is 1.72. The van der Waals surface area contributed by atoms with Crippen LogP contribution in [-0.4, -0.2) is 37.6 Å². The van der Waals surface area contributed by atoms with Crippen molar-refractivity contribution in [1.29, 1.82) is 0 Å². The van der Waals surface area contributed by atoms with Crippen LogP contribution >= 0.6 is 0 Å². The first kappa shape index (κ1) is 11.0. The monoisotopic (exact) mass is 184 g/mol. The second-order valence-corrected chi connectivity index (χ2v) is 5.13. The Hall–Kier alpha value is -0.0800. The molecule has 1 heterocycles. The smallest absolute Gasteiger partial charge is 0.00850 e. The maximum Gasteiger partial charge on any atom is 0.00850 e. The maximum absolute atomic E-state index is 3.60. The Morgan fingerprint density at radius 1 is 1.46 bits per heavy atom. The van der Waals surface area contributed by atoms with Crippen molar-refractivity contribution in [3.8, 4) is 0 Å². The van der Waals surface area contributed by atoms with Crippen LogP contribution in [0.3, 0.4) is 0 Å². The average Bonchev–Trinajstić information content (AvgIpc) is 2.41. The highest BCUT2D eigenvalue weighted by molar-refractivity contribution is 4.87. The molecule has 1 saturated heterocycles. The number of hydrogen-bond acceptors (Lipinski definition) is 2. The minimum Gasteiger partial charge on any atom is -0.313 e. The molecule has 13 heavy (non-hydrogen) atoms. The number of nitrogens with one attached hydrogen (secondary N) is 1. The fourth-order valence-corrected chi connectivity index (χ4v) is 1.97. The van der Waals surface area contributed by atoms with Gasteiger partial charge in [-0.3, -0.25) is 0 Å². The molecule has 1 rings (SSSR count). The van der Waals surface area contributed by atoms with Crippen molar-refractivity contribution in [1.82, 2.24) is 10.2 Å². The summed E-state index contributed by atoms with van der Waals surface area (Å²) in [6.07, 6.45) is 2.64. The minimum atomic E-state index is 0.523. The first-order chi connectivity index (χ1) is 6.03. The standard InChI is InChI=1S/C11H24N2/c1-5-13(4)7-6-10-8-11(2,3)9-12-10/h10,12H,5-9H2,1-4H3. The van der Waals surface area contributed by atoms with Crippen molar-refractivity contribution in [2.75, 3.05) is 26.7 Å². The first-order valence-electron chi connectivity index (χ1n) is 5.45. The summed E-state index contributed by atoms with van der Waals surface area (Å²) in [4.78, 5) is 2.38. The second-order valence-electron chi connectivity index (χ2n) is 5.13. The highest BCUT2D eigenvalue weighted by atomic mass is 15.1. The summed E-state index contributed by atoms with van der Waals surface area (Å²) in [5, 5.41) is 3.60. The Bertz CT molecular complexity index is 154. The Labute approximate surface area is 82.7 Å². The zero-order chi connectivity index (χ0) is 9.90. The van der Waals surface area contributed by atoms with Gasteiger partial charge >= 0.3 is 0 Å². The summed E-state index contributed by atoms with van der Waals surface area (Å²) >= 11 is 0. The Balaban J connectivity index is 2.17. The van der Waals surface area contributed by atoms with Gasteiger partial charge in [0, 0.05) is 12.6 Å². The van der Waals surface area contributed by atoms with E-state index in [0.717, 1.165) is 12.6 Å². The summed E-state index contributed by atoms with van der Waals surface area (Å²) in [6.45, 7) is 10.5. The van der Waals surface area contributed by atoms with Crippen molar-refractivity contribution in [3.63, 3.8) is 0 Å². The van der Waals surface area contributed by atoms with Crippen LogP contribution in [0, 0.1) is 5.41 Å². The quantitative estimate of drug-likeness (QED) is 0.715. The van der Waals surface area contributed by atoms with Crippen molar-refractivity contribution in [3.05, 3.63) is 0 Å². The van der Waals surface area contributed by atoms with Gasteiger partial charge in [0.1, 0.15) is 0 Å². The average molecular weight is 184 g/mol. The lowest BCUT2D eigenvalue weighted by atomic mass is 9.90. The van der Waals surface area contributed by atoms with E-state index in [-0.39, 0.29) is 0 Å². The van der Waals surface area contributed by atoms with Crippen molar-refractivity contribution in [2.45, 2.75) is 39.7 Å². The fourth-order valence-electron chi connectivity index (χ4n) is 1.97. The molecule has 1 fully saturated rings. The largest absolute Gasteiger partial charge is 0.313 e. The number of hydrogen-bond donors (Lipinski definition) is 1. The van der Waals surface area contributed by atoms with E-state index in [1.165, 1.54) is 25.9 Å². The van der Waals surface area contributed by atoms with Gasteiger partial charge in [0.15, 0.2) is 0 Å². The van der Waals surface area contributed by atoms with E-state index in [1.54, 1.807) is 0 Å². The molecule has 0 aromatic heterocycles. The van der Waals surface area contributed by atoms with Gasteiger partial charge < -0.3 is 10.2 Å². The van der Waals surface area contributed by atoms with Crippen LogP contribution in [0.1, 0.15) is 33.6 Å². The Morgan fingerprint density at radius 3 is 2.62 bits per heavy atom. The van der Waals surface area contributed by atoms with Gasteiger partial charge in [0.2, 0.25) is 0 Å². The van der Waals surface area contributed by atoms with E-state index in [0.29, 0.717) is 5.41 Å². The van der Waals surface area contributed by atoms with Crippen LogP contribution in [0.15, 0.2) is 0 Å². The molecule has 2 heteroatoms. The molecule has 1 atom stereocenters. The van der Waals surface area contributed by atoms with E-state index in [1.807, 2.05) is 0 Å². The van der Waals surface area contributed by atoms with Crippen molar-refractivity contribution >= 4 is 0 Å². The topological polar surface area (TPSA) is 15.3 Å². The third kappa shape index (κ3) is 3.65. The molecule has 1 N–H and O–H groups in total. The molecule has 0 spiro atoms. The number of rotatable bonds is 4. The van der Waals surface area contributed by atoms with E-state index < -0.39 is 0 Å². The summed E-state index contributed by atoms with van der Waals surface area (Å²) in [7, 11) is 2.19. The second kappa shape index (κ2) is 4.43. The highest BCUT2D eigenvalue weighted by Gasteiger charge is 2.29. The van der Waals surface area contributed by atoms with Crippen LogP contribution in [-0.2, 0) is 0 Å². The molecular formula is C11H24N2. The van der Waals surface area contributed by atoms with Gasteiger partial charge in [-0.25, -0.2) is 0 Å². The minimum absolute atomic E-state index is 0.523. The Kier molecular flexibility index (Phi) is 3.74. The van der Waals surface area contributed by atoms with E-state index in [9.17, 15) is 0 Å². The Morgan fingerprint density at radius 2 is 2.15 bits per heavy atom. The normalized spacial score (nSPS) is 27.0. The predicted molar refractivity (Wildman–Crippen MR) is 58.0 cm³/mol. The van der Waals surface area contributed by atoms with E-state index in [2.05, 4.69) is 38.0 Å². The zero-order valence-corrected chi connectivity index (χ0v) is 9.56. The molecule has 0 bridgehead atoms. The van der Waals surface area contributed by atoms with Gasteiger partial charge in [-0.05, 0) is 38.4 Å². The lowest BCUT2D eigenvalue weighted by Gasteiger charge is -2.18. The molecule has 0 saturated carbocycles. The summed E-state index contributed by atoms with van der Waals surface area (Å²) in [5.41, 5.74) is 0.523. The molecule has 0 aromatic carbocycles. The molecule has 0 aliphatic carbocycles. The van der Waals surface area contributed by atoms with E-state index in [4.69, 9.17) is 0 Å². The van der Waals surface area contributed by atoms with Gasteiger partial charge in [-0.15, -0.1) is 0 Å². The van der Waals surface area contributed by atoms with Crippen LogP contribution in [0.2, 0.25) is 0 Å². The molecule has 0 amide bonds. The van der Waals surface area contributed by atoms with Gasteiger partial charge in [-0.2, -0.15) is 0 Å². The first-order valence-corrected chi connectivity index (χ1v) is 5.45. The van der Waals surface area contributed by atoms with Crippen molar-refractivity contribution < 1.29 is 0 Å². The maximum atomic E-state index is 3.60. The molecule has 78 valence electrons. The SMILES string of the molecule is CCN(C)CCC1CC(C)(C)CN1. The molecule has 1 aliphatic rings. The van der Waals surface area contributed by atoms with Crippen LogP contribution in [0.25, 0.3) is 0 Å². The zero-order valence-electron chi connectivity index (χ0n) is 9.56. The van der Waals surface area contributed by atoms with Gasteiger partial charge in [-0.1, -0.05) is 20.8 Å². The number of nitrogens with zero attached hydrogens (tertiary/aromatic N) is 1. The van der Waals surface area contributed by atoms with Crippen LogP contribution in [0.4, 0.5) is 0 Å². The summed E-state index contributed by atoms with van der Waals surface area (Å²) < 4.78 is 0. The molecule has 0 aromatic rings. The van der Waals surface area contributed by atoms with Crippen molar-refractivity contribution in [2.24, 2.45) is 5.41 Å². The third-order valence-electron chi connectivity index (χ3n) is 3.07. The van der Waals surface area contributed by atoms with Gasteiger partial charge in [0.25, 0.3) is 0 Å². The van der Waals surface area contributed by atoms with Crippen LogP contribution in [0.5, 0.6) is 0 Å². The molecule has 1 unspecified atom stereocenters. The molecule has 1 aliphatic heterocycles. The molecule has 0 radical (unpaired) electrons. The lowest BCUT2D eigenvalue weighted by molar-refractivity contribution is 0.320. The fraction of sp³-hybridized carbons (Fsp3) is 1.00.